The zero-order valence-electron chi connectivity index (χ0n) is 9.12. The number of fused-ring (bicyclic) bond motifs is 2. The minimum atomic E-state index is 0.563. The highest BCUT2D eigenvalue weighted by Gasteiger charge is 2.53. The van der Waals surface area contributed by atoms with Crippen molar-refractivity contribution in [1.29, 1.82) is 0 Å². The monoisotopic (exact) mass is 193 g/mol. The van der Waals surface area contributed by atoms with Gasteiger partial charge in [0.05, 0.1) is 6.54 Å². The second-order valence-corrected chi connectivity index (χ2v) is 5.46. The first-order valence-electron chi connectivity index (χ1n) is 5.70. The molecule has 0 radical (unpaired) electrons. The first-order valence-corrected chi connectivity index (χ1v) is 5.70. The van der Waals surface area contributed by atoms with Gasteiger partial charge in [0.2, 0.25) is 6.08 Å². The molecule has 14 heavy (non-hydrogen) atoms. The molecular formula is C12H19NO. The number of nitrogens with zero attached hydrogens (tertiary/aromatic N) is 1. The fourth-order valence-electron chi connectivity index (χ4n) is 3.58. The lowest BCUT2D eigenvalue weighted by molar-refractivity contribution is -0.106. The molecule has 3 atom stereocenters. The normalized spacial score (nSPS) is 38.3. The maximum atomic E-state index is 9.97. The molecule has 0 N–H and O–H groups in total. The van der Waals surface area contributed by atoms with E-state index in [2.05, 4.69) is 18.8 Å². The van der Waals surface area contributed by atoms with Gasteiger partial charge in [-0.1, -0.05) is 13.8 Å². The predicted octanol–water partition coefficient (Wildman–Crippen LogP) is 2.78. The molecule has 0 aromatic heterocycles. The Hall–Kier alpha value is -0.620. The molecule has 0 aromatic carbocycles. The van der Waals surface area contributed by atoms with E-state index in [1.807, 2.05) is 0 Å². The molecule has 2 nitrogen and oxygen atoms in total. The molecule has 0 heterocycles. The Morgan fingerprint density at radius 1 is 1.43 bits per heavy atom. The molecule has 78 valence electrons. The van der Waals surface area contributed by atoms with E-state index >= 15 is 0 Å². The second kappa shape index (κ2) is 3.51. The molecule has 0 aromatic rings. The number of hydrogen-bond donors (Lipinski definition) is 0. The van der Waals surface area contributed by atoms with Crippen LogP contribution in [-0.2, 0) is 4.79 Å². The third-order valence-electron chi connectivity index (χ3n) is 4.68. The molecule has 3 rings (SSSR count). The van der Waals surface area contributed by atoms with Gasteiger partial charge in [0.1, 0.15) is 0 Å². The zero-order valence-corrected chi connectivity index (χ0v) is 9.12. The Kier molecular flexibility index (Phi) is 2.48. The van der Waals surface area contributed by atoms with E-state index in [1.54, 1.807) is 6.08 Å². The van der Waals surface area contributed by atoms with Gasteiger partial charge in [-0.15, -0.1) is 0 Å². The van der Waals surface area contributed by atoms with Crippen LogP contribution in [0, 0.1) is 23.2 Å². The van der Waals surface area contributed by atoms with Crippen LogP contribution in [0.15, 0.2) is 4.99 Å². The minimum absolute atomic E-state index is 0.563. The molecule has 0 spiro atoms. The van der Waals surface area contributed by atoms with Gasteiger partial charge < -0.3 is 0 Å². The Labute approximate surface area is 85.8 Å². The van der Waals surface area contributed by atoms with Gasteiger partial charge >= 0.3 is 0 Å². The summed E-state index contributed by atoms with van der Waals surface area (Å²) in [5.74, 6) is 2.67. The summed E-state index contributed by atoms with van der Waals surface area (Å²) in [5.41, 5.74) is 0.563. The van der Waals surface area contributed by atoms with Gasteiger partial charge in [-0.25, -0.2) is 9.79 Å². The molecule has 0 aliphatic heterocycles. The van der Waals surface area contributed by atoms with Crippen LogP contribution in [0.4, 0.5) is 0 Å². The highest BCUT2D eigenvalue weighted by atomic mass is 16.1. The third-order valence-corrected chi connectivity index (χ3v) is 4.68. The maximum Gasteiger partial charge on any atom is 0.234 e. The first kappa shape index (κ1) is 9.92. The molecule has 2 bridgehead atoms. The molecule has 3 aliphatic carbocycles. The number of isocyanates is 1. The van der Waals surface area contributed by atoms with Crippen molar-refractivity contribution in [2.45, 2.75) is 39.5 Å². The van der Waals surface area contributed by atoms with Crippen molar-refractivity contribution < 1.29 is 4.79 Å². The summed E-state index contributed by atoms with van der Waals surface area (Å²) >= 11 is 0. The van der Waals surface area contributed by atoms with E-state index in [-0.39, 0.29) is 0 Å². The number of rotatable bonds is 3. The fourth-order valence-corrected chi connectivity index (χ4v) is 3.58. The van der Waals surface area contributed by atoms with Crippen LogP contribution < -0.4 is 0 Å². The molecule has 3 unspecified atom stereocenters. The van der Waals surface area contributed by atoms with E-state index in [4.69, 9.17) is 0 Å². The van der Waals surface area contributed by atoms with Gasteiger partial charge in [0.25, 0.3) is 0 Å². The van der Waals surface area contributed by atoms with E-state index in [1.165, 1.54) is 19.3 Å². The summed E-state index contributed by atoms with van der Waals surface area (Å²) in [7, 11) is 0. The third kappa shape index (κ3) is 1.42. The zero-order chi connectivity index (χ0) is 10.2. The lowest BCUT2D eigenvalue weighted by Crippen LogP contribution is -2.52. The van der Waals surface area contributed by atoms with Crippen LogP contribution in [0.25, 0.3) is 0 Å². The molecule has 3 fully saturated rings. The van der Waals surface area contributed by atoms with Crippen molar-refractivity contribution in [2.24, 2.45) is 28.2 Å². The molecule has 3 aliphatic rings. The van der Waals surface area contributed by atoms with Crippen molar-refractivity contribution in [3.8, 4) is 0 Å². The maximum absolute atomic E-state index is 9.97. The van der Waals surface area contributed by atoms with Crippen molar-refractivity contribution in [2.75, 3.05) is 6.54 Å². The molecule has 3 saturated carbocycles. The van der Waals surface area contributed by atoms with Crippen molar-refractivity contribution in [3.05, 3.63) is 0 Å². The van der Waals surface area contributed by atoms with E-state index < -0.39 is 0 Å². The second-order valence-electron chi connectivity index (χ2n) is 5.46. The van der Waals surface area contributed by atoms with Gasteiger partial charge in [0, 0.05) is 0 Å². The van der Waals surface area contributed by atoms with Crippen molar-refractivity contribution in [3.63, 3.8) is 0 Å². The molecular weight excluding hydrogens is 174 g/mol. The number of hydrogen-bond acceptors (Lipinski definition) is 2. The Morgan fingerprint density at radius 3 is 2.79 bits per heavy atom. The van der Waals surface area contributed by atoms with Crippen LogP contribution >= 0.6 is 0 Å². The van der Waals surface area contributed by atoms with Crippen molar-refractivity contribution in [1.82, 2.24) is 0 Å². The molecule has 2 heteroatoms. The van der Waals surface area contributed by atoms with Crippen LogP contribution in [0.1, 0.15) is 39.5 Å². The van der Waals surface area contributed by atoms with Gasteiger partial charge in [0.15, 0.2) is 0 Å². The summed E-state index contributed by atoms with van der Waals surface area (Å²) in [6.07, 6.45) is 6.89. The predicted molar refractivity (Wildman–Crippen MR) is 55.7 cm³/mol. The highest BCUT2D eigenvalue weighted by molar-refractivity contribution is 5.32. The van der Waals surface area contributed by atoms with Gasteiger partial charge in [-0.3, -0.25) is 0 Å². The first-order chi connectivity index (χ1) is 6.66. The van der Waals surface area contributed by atoms with Crippen LogP contribution in [0.5, 0.6) is 0 Å². The SMILES string of the molecule is CC1(C)C2CCC(CCN=C=O)C1C2. The summed E-state index contributed by atoms with van der Waals surface area (Å²) < 4.78 is 0. The Balaban J connectivity index is 1.91. The number of aliphatic imine (C=N–C) groups is 1. The van der Waals surface area contributed by atoms with Gasteiger partial charge in [-0.05, 0) is 48.9 Å². The van der Waals surface area contributed by atoms with Gasteiger partial charge in [-0.2, -0.15) is 0 Å². The highest BCUT2D eigenvalue weighted by Crippen LogP contribution is 2.61. The average molecular weight is 193 g/mol. The van der Waals surface area contributed by atoms with E-state index in [0.717, 1.165) is 24.2 Å². The largest absolute Gasteiger partial charge is 0.234 e. The molecule has 0 saturated heterocycles. The Bertz CT molecular complexity index is 263. The minimum Gasteiger partial charge on any atom is -0.211 e. The lowest BCUT2D eigenvalue weighted by atomic mass is 9.45. The number of carbonyl (C=O) groups excluding carboxylic acids is 1. The molecule has 0 amide bonds. The smallest absolute Gasteiger partial charge is 0.211 e. The van der Waals surface area contributed by atoms with Crippen LogP contribution in [0.3, 0.4) is 0 Å². The van der Waals surface area contributed by atoms with Crippen molar-refractivity contribution >= 4 is 6.08 Å². The Morgan fingerprint density at radius 2 is 2.21 bits per heavy atom. The topological polar surface area (TPSA) is 29.4 Å². The summed E-state index contributed by atoms with van der Waals surface area (Å²) in [6.45, 7) is 5.49. The standard InChI is InChI=1S/C12H19NO/c1-12(2)10-4-3-9(11(12)7-10)5-6-13-8-14/h9-11H,3-7H2,1-2H3. The van der Waals surface area contributed by atoms with E-state index in [9.17, 15) is 4.79 Å². The quantitative estimate of drug-likeness (QED) is 0.500. The summed E-state index contributed by atoms with van der Waals surface area (Å²) in [6, 6.07) is 0. The van der Waals surface area contributed by atoms with E-state index in [0.29, 0.717) is 12.0 Å². The fraction of sp³-hybridized carbons (Fsp3) is 0.917. The summed E-state index contributed by atoms with van der Waals surface area (Å²) in [5, 5.41) is 0. The van der Waals surface area contributed by atoms with Crippen LogP contribution in [-0.4, -0.2) is 12.6 Å². The van der Waals surface area contributed by atoms with Crippen LogP contribution in [0.2, 0.25) is 0 Å². The average Bonchev–Trinajstić information content (AvgIpc) is 2.18. The lowest BCUT2D eigenvalue weighted by Gasteiger charge is -2.60. The summed E-state index contributed by atoms with van der Waals surface area (Å²) in [4.78, 5) is 13.6.